The van der Waals surface area contributed by atoms with Crippen molar-refractivity contribution >= 4 is 17.9 Å². The smallest absolute Gasteiger partial charge is 0.306 e. The van der Waals surface area contributed by atoms with Crippen LogP contribution in [-0.2, 0) is 28.6 Å². The van der Waals surface area contributed by atoms with Gasteiger partial charge in [-0.1, -0.05) is 237 Å². The van der Waals surface area contributed by atoms with Crippen molar-refractivity contribution < 1.29 is 28.6 Å². The predicted octanol–water partition coefficient (Wildman–Crippen LogP) is 18.1. The summed E-state index contributed by atoms with van der Waals surface area (Å²) in [6.07, 6.45) is 61.3. The maximum absolute atomic E-state index is 12.8. The monoisotopic (exact) mass is 885 g/mol. The summed E-state index contributed by atoms with van der Waals surface area (Å²) < 4.78 is 16.8. The molecule has 0 spiro atoms. The van der Waals surface area contributed by atoms with Crippen LogP contribution in [0.15, 0.2) is 36.5 Å². The molecule has 0 radical (unpaired) electrons. The van der Waals surface area contributed by atoms with Gasteiger partial charge in [0.2, 0.25) is 0 Å². The number of unbranched alkanes of at least 4 members (excludes halogenated alkanes) is 34. The number of rotatable bonds is 50. The van der Waals surface area contributed by atoms with E-state index in [9.17, 15) is 14.4 Å². The number of carbonyl (C=O) groups is 3. The molecule has 0 aromatic rings. The minimum absolute atomic E-state index is 0.0758. The van der Waals surface area contributed by atoms with E-state index in [1.165, 1.54) is 180 Å². The Hall–Kier alpha value is -2.37. The van der Waals surface area contributed by atoms with Gasteiger partial charge in [-0.2, -0.15) is 0 Å². The highest BCUT2D eigenvalue weighted by Crippen LogP contribution is 2.16. The van der Waals surface area contributed by atoms with E-state index in [4.69, 9.17) is 14.2 Å². The van der Waals surface area contributed by atoms with Crippen LogP contribution in [-0.4, -0.2) is 37.2 Å². The zero-order valence-electron chi connectivity index (χ0n) is 42.1. The average molecular weight is 885 g/mol. The van der Waals surface area contributed by atoms with Gasteiger partial charge in [-0.15, -0.1) is 0 Å². The van der Waals surface area contributed by atoms with Gasteiger partial charge in [0.15, 0.2) is 6.10 Å². The molecular weight excluding hydrogens is 781 g/mol. The first-order chi connectivity index (χ1) is 31.0. The van der Waals surface area contributed by atoms with Gasteiger partial charge in [-0.05, 0) is 70.6 Å². The van der Waals surface area contributed by atoms with E-state index in [1.54, 1.807) is 0 Å². The summed E-state index contributed by atoms with van der Waals surface area (Å²) >= 11 is 0. The van der Waals surface area contributed by atoms with E-state index in [0.717, 1.165) is 70.6 Å². The van der Waals surface area contributed by atoms with Crippen molar-refractivity contribution in [2.75, 3.05) is 13.2 Å². The fourth-order valence-electron chi connectivity index (χ4n) is 7.96. The van der Waals surface area contributed by atoms with Gasteiger partial charge in [0.05, 0.1) is 0 Å². The van der Waals surface area contributed by atoms with Gasteiger partial charge in [0.25, 0.3) is 0 Å². The molecule has 0 aliphatic heterocycles. The number of ether oxygens (including phenoxy) is 3. The van der Waals surface area contributed by atoms with Crippen LogP contribution in [0, 0.1) is 0 Å². The van der Waals surface area contributed by atoms with Crippen molar-refractivity contribution in [2.45, 2.75) is 297 Å². The largest absolute Gasteiger partial charge is 0.462 e. The summed E-state index contributed by atoms with van der Waals surface area (Å²) in [5.74, 6) is -0.883. The summed E-state index contributed by atoms with van der Waals surface area (Å²) in [5.41, 5.74) is 0. The average Bonchev–Trinajstić information content (AvgIpc) is 3.28. The molecule has 6 nitrogen and oxygen atoms in total. The number of allylic oxidation sites excluding steroid dienone is 6. The Bertz CT molecular complexity index is 1060. The third-order valence-corrected chi connectivity index (χ3v) is 12.1. The molecule has 0 bridgehead atoms. The van der Waals surface area contributed by atoms with Crippen LogP contribution in [0.2, 0.25) is 0 Å². The standard InChI is InChI=1S/C57H104O6/c1-4-7-10-13-16-19-22-25-27-28-29-30-31-33-35-38-41-44-47-50-56(59)62-53-54(52-61-55(58)49-46-43-40-37-34-24-21-18-15-12-9-6-3)63-57(60)51-48-45-42-39-36-32-26-23-20-17-14-11-8-5-2/h16,19,22,25,32,36,54H,4-15,17-18,20-21,23-24,26-31,33-35,37-53H2,1-3H3/b19-16-,25-22-,36-32-. The Morgan fingerprint density at radius 2 is 0.571 bits per heavy atom. The molecule has 6 heteroatoms. The fraction of sp³-hybridized carbons (Fsp3) is 0.842. The highest BCUT2D eigenvalue weighted by Gasteiger charge is 2.19. The van der Waals surface area contributed by atoms with Crippen LogP contribution in [0.4, 0.5) is 0 Å². The van der Waals surface area contributed by atoms with Gasteiger partial charge >= 0.3 is 17.9 Å². The van der Waals surface area contributed by atoms with Crippen molar-refractivity contribution in [1.29, 1.82) is 0 Å². The quantitative estimate of drug-likeness (QED) is 0.0199. The van der Waals surface area contributed by atoms with E-state index < -0.39 is 6.10 Å². The second-order valence-corrected chi connectivity index (χ2v) is 18.5. The van der Waals surface area contributed by atoms with Crippen molar-refractivity contribution in [1.82, 2.24) is 0 Å². The first-order valence-electron chi connectivity index (χ1n) is 27.5. The van der Waals surface area contributed by atoms with Crippen LogP contribution >= 0.6 is 0 Å². The van der Waals surface area contributed by atoms with E-state index >= 15 is 0 Å². The summed E-state index contributed by atoms with van der Waals surface area (Å²) in [7, 11) is 0. The summed E-state index contributed by atoms with van der Waals surface area (Å²) in [6.45, 7) is 6.62. The lowest BCUT2D eigenvalue weighted by Crippen LogP contribution is -2.30. The first kappa shape index (κ1) is 60.6. The Morgan fingerprint density at radius 1 is 0.317 bits per heavy atom. The van der Waals surface area contributed by atoms with Gasteiger partial charge in [-0.3, -0.25) is 14.4 Å². The Morgan fingerprint density at radius 3 is 0.937 bits per heavy atom. The number of esters is 3. The molecule has 0 heterocycles. The van der Waals surface area contributed by atoms with Crippen LogP contribution in [0.5, 0.6) is 0 Å². The topological polar surface area (TPSA) is 78.9 Å². The summed E-state index contributed by atoms with van der Waals surface area (Å²) in [6, 6.07) is 0. The maximum Gasteiger partial charge on any atom is 0.306 e. The van der Waals surface area contributed by atoms with Gasteiger partial charge in [0, 0.05) is 19.3 Å². The zero-order valence-corrected chi connectivity index (χ0v) is 42.1. The number of carbonyl (C=O) groups excluding carboxylic acids is 3. The van der Waals surface area contributed by atoms with Gasteiger partial charge < -0.3 is 14.2 Å². The highest BCUT2D eigenvalue weighted by molar-refractivity contribution is 5.71. The lowest BCUT2D eigenvalue weighted by Gasteiger charge is -2.18. The third kappa shape index (κ3) is 50.5. The molecule has 0 aliphatic carbocycles. The van der Waals surface area contributed by atoms with E-state index in [2.05, 4.69) is 57.2 Å². The minimum Gasteiger partial charge on any atom is -0.462 e. The van der Waals surface area contributed by atoms with E-state index in [0.29, 0.717) is 19.3 Å². The molecule has 0 fully saturated rings. The third-order valence-electron chi connectivity index (χ3n) is 12.1. The molecule has 63 heavy (non-hydrogen) atoms. The molecule has 0 saturated heterocycles. The normalized spacial score (nSPS) is 12.2. The van der Waals surface area contributed by atoms with Crippen LogP contribution in [0.1, 0.15) is 290 Å². The van der Waals surface area contributed by atoms with Gasteiger partial charge in [-0.25, -0.2) is 0 Å². The SMILES string of the molecule is CCCCC/C=C\C=C/CCCCCCCCCCCCC(=O)OCC(COC(=O)CCCCCCCCCCCCCC)OC(=O)CCCCC/C=C\CCCCCCCCC. The lowest BCUT2D eigenvalue weighted by molar-refractivity contribution is -0.167. The minimum atomic E-state index is -0.777. The second kappa shape index (κ2) is 52.3. The Labute approximate surface area is 391 Å². The number of hydrogen-bond acceptors (Lipinski definition) is 6. The first-order valence-corrected chi connectivity index (χ1v) is 27.5. The maximum atomic E-state index is 12.8. The van der Waals surface area contributed by atoms with E-state index in [1.807, 2.05) is 0 Å². The van der Waals surface area contributed by atoms with Crippen molar-refractivity contribution in [3.05, 3.63) is 36.5 Å². The molecule has 0 aromatic carbocycles. The van der Waals surface area contributed by atoms with Gasteiger partial charge in [0.1, 0.15) is 13.2 Å². The second-order valence-electron chi connectivity index (χ2n) is 18.5. The molecule has 0 amide bonds. The highest BCUT2D eigenvalue weighted by atomic mass is 16.6. The molecular formula is C57H104O6. The zero-order chi connectivity index (χ0) is 45.8. The van der Waals surface area contributed by atoms with Crippen LogP contribution < -0.4 is 0 Å². The van der Waals surface area contributed by atoms with Crippen LogP contribution in [0.25, 0.3) is 0 Å². The molecule has 0 aliphatic rings. The molecule has 0 aromatic heterocycles. The molecule has 368 valence electrons. The Kier molecular flexibility index (Phi) is 50.3. The molecule has 1 unspecified atom stereocenters. The molecule has 0 saturated carbocycles. The lowest BCUT2D eigenvalue weighted by atomic mass is 10.0. The summed E-state index contributed by atoms with van der Waals surface area (Å²) in [5, 5.41) is 0. The molecule has 1 atom stereocenters. The summed E-state index contributed by atoms with van der Waals surface area (Å²) in [4.78, 5) is 38.0. The fourth-order valence-corrected chi connectivity index (χ4v) is 7.96. The molecule has 0 N–H and O–H groups in total. The van der Waals surface area contributed by atoms with E-state index in [-0.39, 0.29) is 31.1 Å². The Balaban J connectivity index is 4.33. The van der Waals surface area contributed by atoms with Crippen molar-refractivity contribution in [3.63, 3.8) is 0 Å². The van der Waals surface area contributed by atoms with Crippen LogP contribution in [0.3, 0.4) is 0 Å². The van der Waals surface area contributed by atoms with Crippen molar-refractivity contribution in [2.24, 2.45) is 0 Å². The predicted molar refractivity (Wildman–Crippen MR) is 270 cm³/mol. The molecule has 0 rings (SSSR count). The number of hydrogen-bond donors (Lipinski definition) is 0. The van der Waals surface area contributed by atoms with Crippen molar-refractivity contribution in [3.8, 4) is 0 Å².